The molecule has 31 heavy (non-hydrogen) atoms. The molecule has 1 amide bonds. The maximum absolute atomic E-state index is 12.9. The van der Waals surface area contributed by atoms with Gasteiger partial charge in [0.25, 0.3) is 5.91 Å². The van der Waals surface area contributed by atoms with Gasteiger partial charge in [0, 0.05) is 17.4 Å². The average molecular weight is 413 g/mol. The Balaban J connectivity index is 1.58. The molecule has 0 bridgehead atoms. The molecule has 0 aliphatic carbocycles. The second kappa shape index (κ2) is 8.83. The van der Waals surface area contributed by atoms with Gasteiger partial charge in [-0.3, -0.25) is 4.79 Å². The molecular weight excluding hydrogens is 390 g/mol. The zero-order valence-electron chi connectivity index (χ0n) is 17.6. The molecule has 0 fully saturated rings. The second-order valence-corrected chi connectivity index (χ2v) is 7.54. The molecule has 2 heterocycles. The normalized spacial score (nSPS) is 10.8. The van der Waals surface area contributed by atoms with Gasteiger partial charge in [0.2, 0.25) is 5.88 Å². The van der Waals surface area contributed by atoms with Gasteiger partial charge in [0.15, 0.2) is 12.2 Å². The molecule has 0 saturated heterocycles. The highest BCUT2D eigenvalue weighted by molar-refractivity contribution is 6.04. The van der Waals surface area contributed by atoms with Crippen LogP contribution in [-0.4, -0.2) is 15.9 Å². The van der Waals surface area contributed by atoms with E-state index in [-0.39, 0.29) is 5.91 Å². The third kappa shape index (κ3) is 4.64. The van der Waals surface area contributed by atoms with E-state index in [0.717, 1.165) is 11.3 Å². The molecule has 1 N–H and O–H groups in total. The maximum Gasteiger partial charge on any atom is 0.255 e. The standard InChI is InChI=1S/C25H23N3O3/c1-16(2)18-6-4-7-20(12-18)28-24(29)19-10-9-17(3)22(13-19)31-25-21(8-5-11-27-25)23-14-26-15-30-23/h4-16H,1-3H3,(H,28,29). The molecule has 156 valence electrons. The molecule has 0 aliphatic rings. The van der Waals surface area contributed by atoms with Crippen LogP contribution >= 0.6 is 0 Å². The molecule has 6 nitrogen and oxygen atoms in total. The van der Waals surface area contributed by atoms with Gasteiger partial charge < -0.3 is 14.5 Å². The summed E-state index contributed by atoms with van der Waals surface area (Å²) in [5, 5.41) is 2.96. The Morgan fingerprint density at radius 1 is 1.10 bits per heavy atom. The van der Waals surface area contributed by atoms with Crippen molar-refractivity contribution in [2.75, 3.05) is 5.32 Å². The number of pyridine rings is 1. The molecule has 2 aromatic heterocycles. The third-order valence-corrected chi connectivity index (χ3v) is 4.94. The number of nitrogens with zero attached hydrogens (tertiary/aromatic N) is 2. The maximum atomic E-state index is 12.9. The number of amides is 1. The quantitative estimate of drug-likeness (QED) is 0.406. The van der Waals surface area contributed by atoms with Crippen molar-refractivity contribution in [3.63, 3.8) is 0 Å². The third-order valence-electron chi connectivity index (χ3n) is 4.94. The fourth-order valence-corrected chi connectivity index (χ4v) is 3.14. The van der Waals surface area contributed by atoms with Crippen LogP contribution in [0.15, 0.2) is 77.8 Å². The first kappa shape index (κ1) is 20.3. The first-order valence-corrected chi connectivity index (χ1v) is 10.0. The highest BCUT2D eigenvalue weighted by Crippen LogP contribution is 2.33. The average Bonchev–Trinajstić information content (AvgIpc) is 3.30. The van der Waals surface area contributed by atoms with Gasteiger partial charge in [0.1, 0.15) is 5.75 Å². The second-order valence-electron chi connectivity index (χ2n) is 7.54. The Morgan fingerprint density at radius 2 is 1.97 bits per heavy atom. The van der Waals surface area contributed by atoms with Crippen LogP contribution < -0.4 is 10.1 Å². The van der Waals surface area contributed by atoms with Gasteiger partial charge >= 0.3 is 0 Å². The number of carbonyl (C=O) groups is 1. The van der Waals surface area contributed by atoms with Crippen molar-refractivity contribution in [1.82, 2.24) is 9.97 Å². The van der Waals surface area contributed by atoms with Gasteiger partial charge in [-0.15, -0.1) is 0 Å². The topological polar surface area (TPSA) is 77.2 Å². The molecular formula is C25H23N3O3. The summed E-state index contributed by atoms with van der Waals surface area (Å²) in [4.78, 5) is 21.1. The van der Waals surface area contributed by atoms with E-state index in [2.05, 4.69) is 35.2 Å². The summed E-state index contributed by atoms with van der Waals surface area (Å²) < 4.78 is 11.5. The molecule has 6 heteroatoms. The zero-order chi connectivity index (χ0) is 21.8. The lowest BCUT2D eigenvalue weighted by atomic mass is 10.0. The minimum absolute atomic E-state index is 0.206. The molecule has 0 unspecified atom stereocenters. The Bertz CT molecular complexity index is 1200. The molecule has 2 aromatic carbocycles. The van der Waals surface area contributed by atoms with Crippen LogP contribution in [0.25, 0.3) is 11.3 Å². The number of aromatic nitrogens is 2. The number of aryl methyl sites for hydroxylation is 1. The van der Waals surface area contributed by atoms with E-state index in [4.69, 9.17) is 9.15 Å². The van der Waals surface area contributed by atoms with Crippen molar-refractivity contribution in [2.45, 2.75) is 26.7 Å². The molecule has 0 atom stereocenters. The summed E-state index contributed by atoms with van der Waals surface area (Å²) in [5.41, 5.74) is 3.98. The lowest BCUT2D eigenvalue weighted by molar-refractivity contribution is 0.102. The van der Waals surface area contributed by atoms with E-state index in [1.165, 1.54) is 12.0 Å². The number of oxazole rings is 1. The number of rotatable bonds is 6. The number of anilines is 1. The molecule has 4 rings (SSSR count). The van der Waals surface area contributed by atoms with Gasteiger partial charge in [0.05, 0.1) is 11.8 Å². The summed E-state index contributed by atoms with van der Waals surface area (Å²) in [5.74, 6) is 1.66. The van der Waals surface area contributed by atoms with Gasteiger partial charge in [-0.2, -0.15) is 0 Å². The van der Waals surface area contributed by atoms with Crippen molar-refractivity contribution in [3.8, 4) is 23.0 Å². The van der Waals surface area contributed by atoms with E-state index < -0.39 is 0 Å². The Kier molecular flexibility index (Phi) is 5.80. The number of nitrogens with one attached hydrogen (secondary N) is 1. The number of benzene rings is 2. The summed E-state index contributed by atoms with van der Waals surface area (Å²) in [6.07, 6.45) is 4.60. The van der Waals surface area contributed by atoms with Crippen molar-refractivity contribution < 1.29 is 13.9 Å². The van der Waals surface area contributed by atoms with Crippen molar-refractivity contribution >= 4 is 11.6 Å². The van der Waals surface area contributed by atoms with E-state index in [1.54, 1.807) is 30.6 Å². The van der Waals surface area contributed by atoms with Crippen LogP contribution in [0.3, 0.4) is 0 Å². The van der Waals surface area contributed by atoms with Crippen LogP contribution in [0.5, 0.6) is 11.6 Å². The van der Waals surface area contributed by atoms with Crippen LogP contribution in [0.2, 0.25) is 0 Å². The van der Waals surface area contributed by atoms with Crippen LogP contribution in [0.4, 0.5) is 5.69 Å². The minimum atomic E-state index is -0.206. The Labute approximate surface area is 180 Å². The molecule has 0 saturated carbocycles. The fourth-order valence-electron chi connectivity index (χ4n) is 3.14. The van der Waals surface area contributed by atoms with E-state index in [9.17, 15) is 4.79 Å². The SMILES string of the molecule is Cc1ccc(C(=O)Nc2cccc(C(C)C)c2)cc1Oc1ncccc1-c1cnco1. The number of ether oxygens (including phenoxy) is 1. The predicted octanol–water partition coefficient (Wildman–Crippen LogP) is 6.21. The van der Waals surface area contributed by atoms with Crippen molar-refractivity contribution in [3.05, 3.63) is 90.1 Å². The molecule has 0 aliphatic heterocycles. The Morgan fingerprint density at radius 3 is 2.74 bits per heavy atom. The van der Waals surface area contributed by atoms with Crippen molar-refractivity contribution in [2.24, 2.45) is 0 Å². The number of hydrogen-bond acceptors (Lipinski definition) is 5. The summed E-state index contributed by atoms with van der Waals surface area (Å²) in [6.45, 7) is 6.16. The number of carbonyl (C=O) groups excluding carboxylic acids is 1. The van der Waals surface area contributed by atoms with Crippen LogP contribution in [0.1, 0.15) is 41.3 Å². The molecule has 0 spiro atoms. The summed E-state index contributed by atoms with van der Waals surface area (Å²) in [7, 11) is 0. The lowest BCUT2D eigenvalue weighted by Crippen LogP contribution is -2.12. The highest BCUT2D eigenvalue weighted by atomic mass is 16.5. The highest BCUT2D eigenvalue weighted by Gasteiger charge is 2.15. The first-order chi connectivity index (χ1) is 15.0. The van der Waals surface area contributed by atoms with Gasteiger partial charge in [-0.05, 0) is 60.4 Å². The van der Waals surface area contributed by atoms with E-state index in [0.29, 0.717) is 34.4 Å². The van der Waals surface area contributed by atoms with Crippen LogP contribution in [0, 0.1) is 6.92 Å². The van der Waals surface area contributed by atoms with E-state index >= 15 is 0 Å². The Hall–Kier alpha value is -3.93. The zero-order valence-corrected chi connectivity index (χ0v) is 17.6. The first-order valence-electron chi connectivity index (χ1n) is 10.0. The molecule has 0 radical (unpaired) electrons. The summed E-state index contributed by atoms with van der Waals surface area (Å²) >= 11 is 0. The molecule has 4 aromatic rings. The monoisotopic (exact) mass is 413 g/mol. The number of hydrogen-bond donors (Lipinski definition) is 1. The lowest BCUT2D eigenvalue weighted by Gasteiger charge is -2.13. The van der Waals surface area contributed by atoms with Crippen molar-refractivity contribution in [1.29, 1.82) is 0 Å². The smallest absolute Gasteiger partial charge is 0.255 e. The minimum Gasteiger partial charge on any atom is -0.443 e. The van der Waals surface area contributed by atoms with Crippen LogP contribution in [-0.2, 0) is 0 Å². The van der Waals surface area contributed by atoms with Gasteiger partial charge in [-0.1, -0.05) is 32.0 Å². The van der Waals surface area contributed by atoms with E-state index in [1.807, 2.05) is 37.3 Å². The summed E-state index contributed by atoms with van der Waals surface area (Å²) in [6, 6.07) is 16.9. The largest absolute Gasteiger partial charge is 0.443 e. The van der Waals surface area contributed by atoms with Gasteiger partial charge in [-0.25, -0.2) is 9.97 Å². The fraction of sp³-hybridized carbons (Fsp3) is 0.160. The predicted molar refractivity (Wildman–Crippen MR) is 119 cm³/mol.